The quantitative estimate of drug-likeness (QED) is 0.262. The molecule has 0 aromatic heterocycles. The topological polar surface area (TPSA) is 29.5 Å². The Labute approximate surface area is 151 Å². The van der Waals surface area contributed by atoms with E-state index >= 15 is 0 Å². The minimum Gasteiger partial charge on any atom is -0.378 e. The molecule has 0 saturated carbocycles. The van der Waals surface area contributed by atoms with E-state index in [-0.39, 0.29) is 5.56 Å². The van der Waals surface area contributed by atoms with Gasteiger partial charge in [0.2, 0.25) is 5.82 Å². The van der Waals surface area contributed by atoms with Crippen LogP contribution in [-0.2, 0) is 4.74 Å². The van der Waals surface area contributed by atoms with Crippen LogP contribution in [0.2, 0.25) is 0 Å². The Balaban J connectivity index is 1.79. The molecule has 3 nitrogen and oxygen atoms in total. The van der Waals surface area contributed by atoms with Crippen LogP contribution in [0.1, 0.15) is 15.9 Å². The Morgan fingerprint density at radius 2 is 1.37 bits per heavy atom. The molecule has 0 atom stereocenters. The number of carbonyl (C=O) groups is 1. The highest BCUT2D eigenvalue weighted by molar-refractivity contribution is 6.07. The fraction of sp³-hybridized carbons (Fsp3) is 0.211. The van der Waals surface area contributed by atoms with E-state index in [1.807, 2.05) is 0 Å². The van der Waals surface area contributed by atoms with Gasteiger partial charge in [0.05, 0.1) is 18.8 Å². The summed E-state index contributed by atoms with van der Waals surface area (Å²) >= 11 is 0. The lowest BCUT2D eigenvalue weighted by Crippen LogP contribution is -2.36. The molecule has 0 bridgehead atoms. The van der Waals surface area contributed by atoms with Gasteiger partial charge >= 0.3 is 0 Å². The molecule has 1 saturated heterocycles. The highest BCUT2D eigenvalue weighted by Crippen LogP contribution is 2.24. The predicted molar refractivity (Wildman–Crippen MR) is 89.1 cm³/mol. The molecule has 8 heteroatoms. The van der Waals surface area contributed by atoms with E-state index in [0.29, 0.717) is 32.4 Å². The third-order valence-corrected chi connectivity index (χ3v) is 4.17. The first-order chi connectivity index (χ1) is 12.9. The van der Waals surface area contributed by atoms with Gasteiger partial charge in [0, 0.05) is 24.3 Å². The van der Waals surface area contributed by atoms with E-state index in [1.54, 1.807) is 12.1 Å². The summed E-state index contributed by atoms with van der Waals surface area (Å²) in [5, 5.41) is 0. The lowest BCUT2D eigenvalue weighted by atomic mass is 10.1. The molecule has 27 heavy (non-hydrogen) atoms. The van der Waals surface area contributed by atoms with E-state index in [2.05, 4.69) is 4.90 Å². The zero-order valence-corrected chi connectivity index (χ0v) is 13.9. The van der Waals surface area contributed by atoms with Gasteiger partial charge in [0.1, 0.15) is 0 Å². The standard InChI is InChI=1S/C19H14F5NO2/c20-15-13(16(21)18(23)19(24)17(15)22)5-6-14(26)11-1-3-12(4-2-11)25-7-9-27-10-8-25/h1-6H,7-10H2/b6-5+. The Kier molecular flexibility index (Phi) is 5.55. The molecule has 1 aliphatic heterocycles. The summed E-state index contributed by atoms with van der Waals surface area (Å²) in [4.78, 5) is 14.2. The van der Waals surface area contributed by atoms with Crippen molar-refractivity contribution in [3.05, 3.63) is 70.6 Å². The number of ketones is 1. The number of halogens is 5. The van der Waals surface area contributed by atoms with Crippen molar-refractivity contribution in [3.63, 3.8) is 0 Å². The molecule has 0 spiro atoms. The Morgan fingerprint density at radius 3 is 1.93 bits per heavy atom. The lowest BCUT2D eigenvalue weighted by molar-refractivity contribution is 0.104. The van der Waals surface area contributed by atoms with E-state index in [9.17, 15) is 26.7 Å². The highest BCUT2D eigenvalue weighted by atomic mass is 19.2. The van der Waals surface area contributed by atoms with Gasteiger partial charge in [-0.2, -0.15) is 0 Å². The number of morpholine rings is 1. The summed E-state index contributed by atoms with van der Waals surface area (Å²) in [7, 11) is 0. The molecule has 142 valence electrons. The maximum absolute atomic E-state index is 13.6. The number of nitrogens with zero attached hydrogens (tertiary/aromatic N) is 1. The molecular formula is C19H14F5NO2. The first kappa shape index (κ1) is 19.0. The van der Waals surface area contributed by atoms with Gasteiger partial charge in [-0.25, -0.2) is 22.0 Å². The van der Waals surface area contributed by atoms with Gasteiger partial charge in [0.15, 0.2) is 29.1 Å². The average molecular weight is 383 g/mol. The molecule has 2 aromatic carbocycles. The monoisotopic (exact) mass is 383 g/mol. The van der Waals surface area contributed by atoms with Crippen molar-refractivity contribution in [2.45, 2.75) is 0 Å². The Morgan fingerprint density at radius 1 is 0.852 bits per heavy atom. The van der Waals surface area contributed by atoms with Crippen molar-refractivity contribution in [1.29, 1.82) is 0 Å². The van der Waals surface area contributed by atoms with Crippen LogP contribution < -0.4 is 4.90 Å². The van der Waals surface area contributed by atoms with Crippen molar-refractivity contribution in [2.24, 2.45) is 0 Å². The van der Waals surface area contributed by atoms with Gasteiger partial charge in [-0.1, -0.05) is 0 Å². The summed E-state index contributed by atoms with van der Waals surface area (Å²) in [6, 6.07) is 6.47. The van der Waals surface area contributed by atoms with Crippen LogP contribution in [0, 0.1) is 29.1 Å². The van der Waals surface area contributed by atoms with Gasteiger partial charge in [-0.15, -0.1) is 0 Å². The number of rotatable bonds is 4. The SMILES string of the molecule is O=C(/C=C/c1c(F)c(F)c(F)c(F)c1F)c1ccc(N2CCOCC2)cc1. The van der Waals surface area contributed by atoms with Crippen molar-refractivity contribution >= 4 is 17.5 Å². The number of carbonyl (C=O) groups excluding carboxylic acids is 1. The first-order valence-electron chi connectivity index (χ1n) is 8.06. The summed E-state index contributed by atoms with van der Waals surface area (Å²) in [6.45, 7) is 2.64. The molecule has 2 aromatic rings. The summed E-state index contributed by atoms with van der Waals surface area (Å²) in [5.74, 6) is -11.0. The van der Waals surface area contributed by atoms with Gasteiger partial charge < -0.3 is 9.64 Å². The van der Waals surface area contributed by atoms with Crippen molar-refractivity contribution in [2.75, 3.05) is 31.2 Å². The molecule has 3 rings (SSSR count). The van der Waals surface area contributed by atoms with E-state index in [0.717, 1.165) is 11.8 Å². The van der Waals surface area contributed by atoms with Gasteiger partial charge in [-0.3, -0.25) is 4.79 Å². The lowest BCUT2D eigenvalue weighted by Gasteiger charge is -2.28. The minimum absolute atomic E-state index is 0.215. The van der Waals surface area contributed by atoms with Crippen LogP contribution in [0.5, 0.6) is 0 Å². The summed E-state index contributed by atoms with van der Waals surface area (Å²) in [6.07, 6.45) is 1.34. The van der Waals surface area contributed by atoms with E-state index < -0.39 is 40.4 Å². The number of hydrogen-bond acceptors (Lipinski definition) is 3. The molecule has 1 aliphatic rings. The Hall–Kier alpha value is -2.74. The third kappa shape index (κ3) is 3.85. The first-order valence-corrected chi connectivity index (χ1v) is 8.06. The Bertz CT molecular complexity index is 861. The largest absolute Gasteiger partial charge is 0.378 e. The van der Waals surface area contributed by atoms with Gasteiger partial charge in [-0.05, 0) is 36.4 Å². The highest BCUT2D eigenvalue weighted by Gasteiger charge is 2.24. The van der Waals surface area contributed by atoms with Crippen molar-refractivity contribution in [1.82, 2.24) is 0 Å². The number of allylic oxidation sites excluding steroid dienone is 1. The second-order valence-electron chi connectivity index (χ2n) is 5.83. The molecular weight excluding hydrogens is 369 g/mol. The number of hydrogen-bond donors (Lipinski definition) is 0. The van der Waals surface area contributed by atoms with Crippen LogP contribution in [-0.4, -0.2) is 32.1 Å². The van der Waals surface area contributed by atoms with Crippen molar-refractivity contribution in [3.8, 4) is 0 Å². The van der Waals surface area contributed by atoms with Gasteiger partial charge in [0.25, 0.3) is 0 Å². The second-order valence-corrected chi connectivity index (χ2v) is 5.83. The molecule has 0 unspecified atom stereocenters. The molecule has 0 aliphatic carbocycles. The average Bonchev–Trinajstić information content (AvgIpc) is 2.71. The minimum atomic E-state index is -2.24. The number of anilines is 1. The smallest absolute Gasteiger partial charge is 0.200 e. The number of ether oxygens (including phenoxy) is 1. The maximum atomic E-state index is 13.6. The fourth-order valence-corrected chi connectivity index (χ4v) is 2.68. The van der Waals surface area contributed by atoms with E-state index in [4.69, 9.17) is 4.74 Å². The second kappa shape index (κ2) is 7.87. The molecule has 1 fully saturated rings. The molecule has 0 radical (unpaired) electrons. The zero-order valence-electron chi connectivity index (χ0n) is 13.9. The van der Waals surface area contributed by atoms with Crippen LogP contribution in [0.25, 0.3) is 6.08 Å². The van der Waals surface area contributed by atoms with Crippen molar-refractivity contribution < 1.29 is 31.5 Å². The summed E-state index contributed by atoms with van der Waals surface area (Å²) < 4.78 is 71.9. The summed E-state index contributed by atoms with van der Waals surface area (Å²) in [5.41, 5.74) is -0.0598. The van der Waals surface area contributed by atoms with Crippen LogP contribution in [0.3, 0.4) is 0 Å². The van der Waals surface area contributed by atoms with Crippen LogP contribution in [0.4, 0.5) is 27.6 Å². The maximum Gasteiger partial charge on any atom is 0.200 e. The third-order valence-electron chi connectivity index (χ3n) is 4.17. The van der Waals surface area contributed by atoms with Crippen LogP contribution >= 0.6 is 0 Å². The predicted octanol–water partition coefficient (Wildman–Crippen LogP) is 4.11. The molecule has 0 amide bonds. The van der Waals surface area contributed by atoms with Crippen LogP contribution in [0.15, 0.2) is 30.3 Å². The molecule has 0 N–H and O–H groups in total. The number of benzene rings is 2. The zero-order chi connectivity index (χ0) is 19.6. The van der Waals surface area contributed by atoms with E-state index in [1.165, 1.54) is 12.1 Å². The molecule has 1 heterocycles. The fourth-order valence-electron chi connectivity index (χ4n) is 2.68. The normalized spacial score (nSPS) is 14.8.